The van der Waals surface area contributed by atoms with Crippen LogP contribution in [0, 0.1) is 9.39 Å². The third kappa shape index (κ3) is 7.22. The largest absolute Gasteiger partial charge is 0.353 e. The molecule has 2 rings (SSSR count). The van der Waals surface area contributed by atoms with E-state index in [-0.39, 0.29) is 17.9 Å². The minimum absolute atomic E-state index is 0.0627. The van der Waals surface area contributed by atoms with Gasteiger partial charge in [0.1, 0.15) is 5.82 Å². The van der Waals surface area contributed by atoms with Crippen LogP contribution in [0.4, 0.5) is 4.39 Å². The zero-order valence-electron chi connectivity index (χ0n) is 16.4. The van der Waals surface area contributed by atoms with Crippen molar-refractivity contribution in [3.05, 3.63) is 62.7 Å². The molecule has 1 heterocycles. The third-order valence-corrected chi connectivity index (χ3v) is 5.07. The van der Waals surface area contributed by atoms with Crippen molar-refractivity contribution in [1.29, 1.82) is 0 Å². The van der Waals surface area contributed by atoms with Gasteiger partial charge in [-0.2, -0.15) is 0 Å². The Bertz CT molecular complexity index is 763. The first-order valence-corrected chi connectivity index (χ1v) is 10.8. The second-order valence-electron chi connectivity index (χ2n) is 6.45. The molecular weight excluding hydrogens is 472 g/mol. The molecule has 0 saturated heterocycles. The summed E-state index contributed by atoms with van der Waals surface area (Å²) in [7, 11) is 0. The molecule has 1 aromatic heterocycles. The number of hydrogen-bond donors (Lipinski definition) is 0. The molecule has 6 heteroatoms. The lowest BCUT2D eigenvalue weighted by atomic mass is 9.96. The highest BCUT2D eigenvalue weighted by Gasteiger charge is 2.14. The normalized spacial score (nSPS) is 11.2. The minimum Gasteiger partial charge on any atom is -0.353 e. The van der Waals surface area contributed by atoms with Crippen LogP contribution >= 0.6 is 22.6 Å². The summed E-state index contributed by atoms with van der Waals surface area (Å²) < 4.78 is 26.1. The average molecular weight is 499 g/mol. The van der Waals surface area contributed by atoms with E-state index in [1.165, 1.54) is 6.07 Å². The van der Waals surface area contributed by atoms with Crippen molar-refractivity contribution in [3.63, 3.8) is 0 Å². The highest BCUT2D eigenvalue weighted by Crippen LogP contribution is 2.20. The molecule has 0 unspecified atom stereocenters. The number of hydrogen-bond acceptors (Lipinski definition) is 4. The quantitative estimate of drug-likeness (QED) is 0.166. The van der Waals surface area contributed by atoms with E-state index in [9.17, 15) is 9.18 Å². The molecule has 2 aromatic rings. The summed E-state index contributed by atoms with van der Waals surface area (Å²) in [6, 6.07) is 6.86. The minimum atomic E-state index is -0.257. The van der Waals surface area contributed by atoms with Crippen molar-refractivity contribution in [1.82, 2.24) is 4.98 Å². The number of ketones is 1. The second-order valence-corrected chi connectivity index (χ2v) is 7.70. The molecule has 0 aliphatic heterocycles. The molecule has 0 atom stereocenters. The number of nitrogens with zero attached hydrogens (tertiary/aromatic N) is 1. The molecule has 0 radical (unpaired) electrons. The van der Waals surface area contributed by atoms with E-state index >= 15 is 0 Å². The van der Waals surface area contributed by atoms with Crippen molar-refractivity contribution in [2.45, 2.75) is 52.2 Å². The molecule has 1 aromatic carbocycles. The van der Waals surface area contributed by atoms with Crippen LogP contribution in [-0.4, -0.2) is 30.3 Å². The van der Waals surface area contributed by atoms with Crippen LogP contribution in [-0.2, 0) is 15.9 Å². The lowest BCUT2D eigenvalue weighted by molar-refractivity contribution is -0.140. The zero-order chi connectivity index (χ0) is 20.4. The predicted octanol–water partition coefficient (Wildman–Crippen LogP) is 5.56. The number of benzene rings is 1. The highest BCUT2D eigenvalue weighted by molar-refractivity contribution is 14.1. The van der Waals surface area contributed by atoms with Crippen molar-refractivity contribution in [3.8, 4) is 0 Å². The van der Waals surface area contributed by atoms with Gasteiger partial charge in [-0.1, -0.05) is 6.07 Å². The Labute approximate surface area is 180 Å². The van der Waals surface area contributed by atoms with Crippen LogP contribution in [0.5, 0.6) is 0 Å². The second kappa shape index (κ2) is 12.2. The maximum atomic E-state index is 14.2. The van der Waals surface area contributed by atoms with Crippen LogP contribution in [0.25, 0.3) is 0 Å². The fourth-order valence-corrected chi connectivity index (χ4v) is 3.48. The van der Waals surface area contributed by atoms with E-state index < -0.39 is 0 Å². The summed E-state index contributed by atoms with van der Waals surface area (Å²) in [5.74, 6) is -0.195. The van der Waals surface area contributed by atoms with Gasteiger partial charge in [-0.3, -0.25) is 9.78 Å². The number of pyridine rings is 1. The van der Waals surface area contributed by atoms with Gasteiger partial charge in [-0.15, -0.1) is 0 Å². The summed E-state index contributed by atoms with van der Waals surface area (Å²) in [6.45, 7) is 5.10. The van der Waals surface area contributed by atoms with E-state index in [0.717, 1.165) is 28.4 Å². The van der Waals surface area contributed by atoms with Gasteiger partial charge < -0.3 is 9.47 Å². The maximum Gasteiger partial charge on any atom is 0.163 e. The summed E-state index contributed by atoms with van der Waals surface area (Å²) in [4.78, 5) is 16.8. The van der Waals surface area contributed by atoms with Gasteiger partial charge in [0.15, 0.2) is 12.1 Å². The molecule has 0 aliphatic carbocycles. The molecule has 0 aliphatic rings. The van der Waals surface area contributed by atoms with Crippen LogP contribution in [0.1, 0.15) is 61.0 Å². The Morgan fingerprint density at radius 1 is 1.14 bits per heavy atom. The van der Waals surface area contributed by atoms with Crippen LogP contribution in [0.15, 0.2) is 36.7 Å². The van der Waals surface area contributed by atoms with Crippen molar-refractivity contribution >= 4 is 28.4 Å². The standard InChI is InChI=1S/C22H27FINO3/c1-3-27-22(28-4-2)8-6-5-7-21(26)19-11-12-25-15-17(19)13-16-9-10-18(24)14-20(16)23/h9-12,14-15,22H,3-8,13H2,1-2H3. The van der Waals surface area contributed by atoms with E-state index in [2.05, 4.69) is 27.6 Å². The first-order valence-electron chi connectivity index (χ1n) is 9.68. The van der Waals surface area contributed by atoms with Gasteiger partial charge in [0, 0.05) is 47.6 Å². The predicted molar refractivity (Wildman–Crippen MR) is 116 cm³/mol. The molecule has 0 amide bonds. The summed E-state index contributed by atoms with van der Waals surface area (Å²) in [5, 5.41) is 0. The molecular formula is C22H27FINO3. The van der Waals surface area contributed by atoms with Crippen LogP contribution in [0.2, 0.25) is 0 Å². The number of unbranched alkanes of at least 4 members (excludes halogenated alkanes) is 1. The van der Waals surface area contributed by atoms with Gasteiger partial charge in [-0.05, 0) is 85.0 Å². The van der Waals surface area contributed by atoms with Crippen molar-refractivity contribution in [2.75, 3.05) is 13.2 Å². The number of carbonyl (C=O) groups is 1. The maximum absolute atomic E-state index is 14.2. The van der Waals surface area contributed by atoms with E-state index in [1.54, 1.807) is 24.5 Å². The van der Waals surface area contributed by atoms with Crippen molar-refractivity contribution < 1.29 is 18.7 Å². The van der Waals surface area contributed by atoms with Crippen LogP contribution < -0.4 is 0 Å². The SMILES string of the molecule is CCOC(CCCCC(=O)c1ccncc1Cc1ccc(I)cc1F)OCC. The zero-order valence-corrected chi connectivity index (χ0v) is 18.6. The molecule has 152 valence electrons. The topological polar surface area (TPSA) is 48.4 Å². The van der Waals surface area contributed by atoms with Gasteiger partial charge in [0.2, 0.25) is 0 Å². The number of carbonyl (C=O) groups excluding carboxylic acids is 1. The Morgan fingerprint density at radius 3 is 2.57 bits per heavy atom. The summed E-state index contributed by atoms with van der Waals surface area (Å²) in [5.41, 5.74) is 1.95. The molecule has 0 bridgehead atoms. The van der Waals surface area contributed by atoms with E-state index in [1.807, 2.05) is 19.9 Å². The number of aromatic nitrogens is 1. The Hall–Kier alpha value is -1.38. The van der Waals surface area contributed by atoms with Gasteiger partial charge in [0.05, 0.1) is 0 Å². The van der Waals surface area contributed by atoms with E-state index in [4.69, 9.17) is 9.47 Å². The molecule has 0 saturated carbocycles. The van der Waals surface area contributed by atoms with Gasteiger partial charge in [-0.25, -0.2) is 4.39 Å². The first-order chi connectivity index (χ1) is 13.5. The number of ether oxygens (including phenoxy) is 2. The Morgan fingerprint density at radius 2 is 1.89 bits per heavy atom. The molecule has 0 spiro atoms. The average Bonchev–Trinajstić information content (AvgIpc) is 2.68. The fraction of sp³-hybridized carbons (Fsp3) is 0.455. The first kappa shape index (κ1) is 22.9. The third-order valence-electron chi connectivity index (χ3n) is 4.40. The summed E-state index contributed by atoms with van der Waals surface area (Å²) >= 11 is 2.08. The Kier molecular flexibility index (Phi) is 10.0. The lowest BCUT2D eigenvalue weighted by Crippen LogP contribution is -2.17. The highest BCUT2D eigenvalue weighted by atomic mass is 127. The molecule has 0 N–H and O–H groups in total. The molecule has 28 heavy (non-hydrogen) atoms. The number of halogens is 2. The fourth-order valence-electron chi connectivity index (χ4n) is 3.03. The van der Waals surface area contributed by atoms with Crippen molar-refractivity contribution in [2.24, 2.45) is 0 Å². The van der Waals surface area contributed by atoms with Gasteiger partial charge in [0.25, 0.3) is 0 Å². The van der Waals surface area contributed by atoms with E-state index in [0.29, 0.717) is 37.2 Å². The van der Waals surface area contributed by atoms with Gasteiger partial charge >= 0.3 is 0 Å². The number of rotatable bonds is 12. The lowest BCUT2D eigenvalue weighted by Gasteiger charge is -2.16. The number of Topliss-reactive ketones (excluding diaryl/α,β-unsaturated/α-hetero) is 1. The smallest absolute Gasteiger partial charge is 0.163 e. The monoisotopic (exact) mass is 499 g/mol. The molecule has 4 nitrogen and oxygen atoms in total. The summed E-state index contributed by atoms with van der Waals surface area (Å²) in [6.07, 6.45) is 6.24. The molecule has 0 fully saturated rings. The van der Waals surface area contributed by atoms with Crippen LogP contribution in [0.3, 0.4) is 0 Å². The Balaban J connectivity index is 1.95.